The maximum atomic E-state index is 12.4. The molecule has 6 nitrogen and oxygen atoms in total. The van der Waals surface area contributed by atoms with E-state index in [0.717, 1.165) is 36.5 Å². The van der Waals surface area contributed by atoms with Gasteiger partial charge in [-0.3, -0.25) is 9.59 Å². The summed E-state index contributed by atoms with van der Waals surface area (Å²) in [6.07, 6.45) is 13.4. The van der Waals surface area contributed by atoms with Crippen LogP contribution in [0.15, 0.2) is 0 Å². The summed E-state index contributed by atoms with van der Waals surface area (Å²) in [7, 11) is 3.24. The van der Waals surface area contributed by atoms with Gasteiger partial charge in [-0.05, 0) is 111 Å². The van der Waals surface area contributed by atoms with Crippen LogP contribution < -0.4 is 5.32 Å². The highest BCUT2D eigenvalue weighted by Gasteiger charge is 2.65. The van der Waals surface area contributed by atoms with E-state index in [0.29, 0.717) is 34.9 Å². The third-order valence-corrected chi connectivity index (χ3v) is 12.5. The second kappa shape index (κ2) is 10.4. The van der Waals surface area contributed by atoms with Gasteiger partial charge in [0.1, 0.15) is 6.54 Å². The molecule has 0 aromatic heterocycles. The van der Waals surface area contributed by atoms with Crippen LogP contribution in [0, 0.1) is 52.3 Å². The number of hydrogen-bond donors (Lipinski definition) is 1. The highest BCUT2D eigenvalue weighted by molar-refractivity contribution is 5.83. The van der Waals surface area contributed by atoms with Gasteiger partial charge in [0.15, 0.2) is 0 Å². The van der Waals surface area contributed by atoms with E-state index >= 15 is 0 Å². The van der Waals surface area contributed by atoms with Crippen LogP contribution in [0.1, 0.15) is 91.9 Å². The number of hydrogen-bond acceptors (Lipinski definition) is 5. The zero-order valence-corrected chi connectivity index (χ0v) is 24.1. The molecule has 12 atom stereocenters. The summed E-state index contributed by atoms with van der Waals surface area (Å²) in [5.41, 5.74) is 0.882. The molecular weight excluding hydrogens is 466 g/mol. The van der Waals surface area contributed by atoms with Crippen LogP contribution in [-0.4, -0.2) is 51.0 Å². The molecule has 1 aliphatic heterocycles. The third-order valence-electron chi connectivity index (χ3n) is 12.5. The molecule has 37 heavy (non-hydrogen) atoms. The van der Waals surface area contributed by atoms with E-state index in [4.69, 9.17) is 9.47 Å². The molecular formula is C31H51NO5. The molecule has 1 N–H and O–H groups in total. The monoisotopic (exact) mass is 517 g/mol. The van der Waals surface area contributed by atoms with Crippen molar-refractivity contribution in [3.63, 3.8) is 0 Å². The van der Waals surface area contributed by atoms with Crippen molar-refractivity contribution in [2.45, 2.75) is 110 Å². The summed E-state index contributed by atoms with van der Waals surface area (Å²) >= 11 is 0. The number of fused-ring (bicyclic) bond motifs is 7. The quantitative estimate of drug-likeness (QED) is 0.459. The van der Waals surface area contributed by atoms with E-state index in [9.17, 15) is 9.59 Å². The normalized spacial score (nSPS) is 47.2. The summed E-state index contributed by atoms with van der Waals surface area (Å²) in [5.74, 6) is 3.91. The van der Waals surface area contributed by atoms with Gasteiger partial charge in [0.25, 0.3) is 0 Å². The minimum Gasteiger partial charge on any atom is -0.468 e. The van der Waals surface area contributed by atoms with Crippen molar-refractivity contribution in [1.29, 1.82) is 0 Å². The molecule has 4 aliphatic carbocycles. The largest absolute Gasteiger partial charge is 0.468 e. The van der Waals surface area contributed by atoms with Crippen molar-refractivity contribution in [3.05, 3.63) is 0 Å². The number of ether oxygens (including phenoxy) is 3. The number of rotatable bonds is 7. The van der Waals surface area contributed by atoms with Crippen molar-refractivity contribution in [1.82, 2.24) is 5.32 Å². The summed E-state index contributed by atoms with van der Waals surface area (Å²) in [4.78, 5) is 23.8. The summed E-state index contributed by atoms with van der Waals surface area (Å²) in [6, 6.07) is 0. The van der Waals surface area contributed by atoms with Crippen LogP contribution in [-0.2, 0) is 23.8 Å². The molecule has 1 saturated heterocycles. The van der Waals surface area contributed by atoms with E-state index in [2.05, 4.69) is 30.8 Å². The zero-order valence-electron chi connectivity index (χ0n) is 24.1. The molecule has 1 amide bonds. The van der Waals surface area contributed by atoms with Crippen molar-refractivity contribution in [2.75, 3.05) is 20.8 Å². The summed E-state index contributed by atoms with van der Waals surface area (Å²) in [5, 5.41) is 2.70. The van der Waals surface area contributed by atoms with Crippen molar-refractivity contribution >= 4 is 11.9 Å². The molecule has 6 heteroatoms. The molecule has 0 bridgehead atoms. The molecule has 210 valence electrons. The predicted molar refractivity (Wildman–Crippen MR) is 143 cm³/mol. The molecule has 5 fully saturated rings. The minimum absolute atomic E-state index is 0.0607. The van der Waals surface area contributed by atoms with Gasteiger partial charge >= 0.3 is 5.97 Å². The number of nitrogens with one attached hydrogen (secondary N) is 1. The number of carbonyl (C=O) groups is 2. The number of methoxy groups -OCH3 is 2. The van der Waals surface area contributed by atoms with Crippen molar-refractivity contribution in [2.24, 2.45) is 52.3 Å². The van der Waals surface area contributed by atoms with Crippen LogP contribution in [0.2, 0.25) is 0 Å². The first-order valence-electron chi connectivity index (χ1n) is 15.1. The van der Waals surface area contributed by atoms with Crippen LogP contribution in [0.3, 0.4) is 0 Å². The minimum atomic E-state index is -0.413. The highest BCUT2D eigenvalue weighted by atomic mass is 16.5. The fourth-order valence-corrected chi connectivity index (χ4v) is 10.4. The van der Waals surface area contributed by atoms with Gasteiger partial charge < -0.3 is 19.5 Å². The lowest BCUT2D eigenvalue weighted by atomic mass is 9.44. The maximum absolute atomic E-state index is 12.4. The maximum Gasteiger partial charge on any atom is 0.325 e. The Balaban J connectivity index is 1.20. The molecule has 5 rings (SSSR count). The van der Waals surface area contributed by atoms with Gasteiger partial charge in [-0.15, -0.1) is 0 Å². The van der Waals surface area contributed by atoms with Gasteiger partial charge in [-0.2, -0.15) is 0 Å². The Bertz CT molecular complexity index is 863. The second-order valence-electron chi connectivity index (χ2n) is 13.9. The Morgan fingerprint density at radius 2 is 1.78 bits per heavy atom. The molecule has 4 saturated carbocycles. The standard InChI is InChI=1S/C31H51NO5/c1-18(29(34)32-17-27(33)36-6)7-10-25-19(2)28-26(37-25)16-24-22-9-8-20-15-21(35-5)11-13-30(20,3)23(22)12-14-31(24,28)4/h18-26,28H,7-17H2,1-6H3,(H,32,34)/t18-,19+,20+,21-,22+,23-,24-,25+,26-,28-,30-,31-/m0/s1. The molecule has 1 heterocycles. The summed E-state index contributed by atoms with van der Waals surface area (Å²) in [6.45, 7) is 9.55. The van der Waals surface area contributed by atoms with Gasteiger partial charge in [-0.1, -0.05) is 27.7 Å². The Morgan fingerprint density at radius 1 is 1.03 bits per heavy atom. The van der Waals surface area contributed by atoms with Gasteiger partial charge in [0, 0.05) is 13.0 Å². The van der Waals surface area contributed by atoms with E-state index in [1.54, 1.807) is 0 Å². The van der Waals surface area contributed by atoms with Crippen molar-refractivity contribution in [3.8, 4) is 0 Å². The SMILES string of the molecule is COC(=O)CNC(=O)[C@@H](C)CC[C@H]1O[C@H]2C[C@H]3[C@@H]4CC[C@@H]5C[C@@H](OC)CC[C@]5(C)[C@H]4CC[C@]3(C)[C@H]2[C@@H]1C. The fourth-order valence-electron chi connectivity index (χ4n) is 10.4. The zero-order chi connectivity index (χ0) is 26.5. The van der Waals surface area contributed by atoms with E-state index in [1.807, 2.05) is 14.0 Å². The van der Waals surface area contributed by atoms with Crippen LogP contribution >= 0.6 is 0 Å². The average Bonchev–Trinajstić information content (AvgIpc) is 3.37. The number of carbonyl (C=O) groups excluding carboxylic acids is 2. The number of esters is 1. The summed E-state index contributed by atoms with van der Waals surface area (Å²) < 4.78 is 17.2. The molecule has 0 spiro atoms. The molecule has 0 aromatic carbocycles. The van der Waals surface area contributed by atoms with Gasteiger partial charge in [0.05, 0.1) is 25.4 Å². The number of amides is 1. The lowest BCUT2D eigenvalue weighted by Crippen LogP contribution is -2.54. The van der Waals surface area contributed by atoms with Gasteiger partial charge in [0.2, 0.25) is 5.91 Å². The van der Waals surface area contributed by atoms with E-state index in [1.165, 1.54) is 58.5 Å². The second-order valence-corrected chi connectivity index (χ2v) is 13.9. The Morgan fingerprint density at radius 3 is 2.51 bits per heavy atom. The molecule has 0 aromatic rings. The third kappa shape index (κ3) is 4.66. The topological polar surface area (TPSA) is 73.9 Å². The van der Waals surface area contributed by atoms with Crippen LogP contribution in [0.25, 0.3) is 0 Å². The van der Waals surface area contributed by atoms with Crippen molar-refractivity contribution < 1.29 is 23.8 Å². The van der Waals surface area contributed by atoms with Crippen LogP contribution in [0.4, 0.5) is 0 Å². The molecule has 5 aliphatic rings. The lowest BCUT2D eigenvalue weighted by Gasteiger charge is -2.61. The van der Waals surface area contributed by atoms with Crippen LogP contribution in [0.5, 0.6) is 0 Å². The predicted octanol–water partition coefficient (Wildman–Crippen LogP) is 5.38. The highest BCUT2D eigenvalue weighted by Crippen LogP contribution is 2.70. The molecule has 0 unspecified atom stereocenters. The Labute approximate surface area is 224 Å². The average molecular weight is 518 g/mol. The van der Waals surface area contributed by atoms with E-state index in [-0.39, 0.29) is 24.5 Å². The van der Waals surface area contributed by atoms with Gasteiger partial charge in [-0.25, -0.2) is 0 Å². The first-order chi connectivity index (χ1) is 17.6. The fraction of sp³-hybridized carbons (Fsp3) is 0.935. The van der Waals surface area contributed by atoms with E-state index < -0.39 is 5.97 Å². The first kappa shape index (κ1) is 27.4. The molecule has 0 radical (unpaired) electrons. The Hall–Kier alpha value is -1.14. The first-order valence-corrected chi connectivity index (χ1v) is 15.1. The Kier molecular flexibility index (Phi) is 7.74. The lowest BCUT2D eigenvalue weighted by molar-refractivity contribution is -0.141. The smallest absolute Gasteiger partial charge is 0.325 e.